The molecule has 0 saturated carbocycles. The van der Waals surface area contributed by atoms with Crippen molar-refractivity contribution in [1.82, 2.24) is 24.7 Å². The van der Waals surface area contributed by atoms with Crippen LogP contribution in [0.25, 0.3) is 10.8 Å². The van der Waals surface area contributed by atoms with Crippen LogP contribution in [0.4, 0.5) is 22.0 Å². The zero-order valence-corrected chi connectivity index (χ0v) is 15.3. The van der Waals surface area contributed by atoms with Gasteiger partial charge in [-0.2, -0.15) is 20.1 Å². The molecule has 0 spiro atoms. The van der Waals surface area contributed by atoms with Crippen LogP contribution in [0.2, 0.25) is 0 Å². The second-order valence-electron chi connectivity index (χ2n) is 6.23. The maximum absolute atomic E-state index is 13.1. The molecule has 0 atom stereocenters. The molecule has 0 radical (unpaired) electrons. The van der Waals surface area contributed by atoms with Crippen molar-refractivity contribution < 1.29 is 14.3 Å². The van der Waals surface area contributed by atoms with E-state index in [1.165, 1.54) is 36.4 Å². The molecule has 150 valence electrons. The molecule has 0 aliphatic rings. The quantitative estimate of drug-likeness (QED) is 0.450. The number of carboxylic acids is 1. The van der Waals surface area contributed by atoms with E-state index in [1.807, 2.05) is 0 Å². The molecule has 4 N–H and O–H groups in total. The maximum Gasteiger partial charge on any atom is 0.357 e. The van der Waals surface area contributed by atoms with Gasteiger partial charge in [-0.3, -0.25) is 4.79 Å². The van der Waals surface area contributed by atoms with Crippen LogP contribution in [0.15, 0.2) is 53.3 Å². The summed E-state index contributed by atoms with van der Waals surface area (Å²) >= 11 is 0. The highest BCUT2D eigenvalue weighted by Gasteiger charge is 2.17. The summed E-state index contributed by atoms with van der Waals surface area (Å²) in [5, 5.41) is 16.7. The number of halogens is 1. The van der Waals surface area contributed by atoms with E-state index >= 15 is 0 Å². The molecule has 0 bridgehead atoms. The van der Waals surface area contributed by atoms with Gasteiger partial charge in [-0.05, 0) is 30.3 Å². The van der Waals surface area contributed by atoms with E-state index in [4.69, 9.17) is 5.73 Å². The van der Waals surface area contributed by atoms with Gasteiger partial charge in [0.2, 0.25) is 11.9 Å². The molecule has 11 heteroatoms. The number of carbonyl (C=O) groups is 1. The number of hydrogen-bond acceptors (Lipinski definition) is 8. The van der Waals surface area contributed by atoms with E-state index < -0.39 is 17.3 Å². The van der Waals surface area contributed by atoms with Crippen molar-refractivity contribution in [3.8, 4) is 0 Å². The fourth-order valence-corrected chi connectivity index (χ4v) is 2.86. The lowest BCUT2D eigenvalue weighted by Crippen LogP contribution is -2.27. The van der Waals surface area contributed by atoms with Crippen LogP contribution in [0, 0.1) is 5.82 Å². The number of nitrogen functional groups attached to an aromatic ring is 1. The summed E-state index contributed by atoms with van der Waals surface area (Å²) in [6, 6.07) is 11.8. The molecule has 10 nitrogen and oxygen atoms in total. The van der Waals surface area contributed by atoms with Crippen LogP contribution in [0.5, 0.6) is 0 Å². The first kappa shape index (κ1) is 18.9. The standard InChI is InChI=1S/C19H14FN7O3/c20-10-5-7-11(8-6-10)22-19-24-14(23-18(21)25-19)9-27-16(28)13-4-2-1-3-12(13)15(26-27)17(29)30/h1-8H,9H2,(H,29,30)(H3,21,22,23,24,25). The molecule has 0 saturated heterocycles. The number of benzene rings is 2. The second kappa shape index (κ2) is 7.54. The topological polar surface area (TPSA) is 149 Å². The predicted molar refractivity (Wildman–Crippen MR) is 106 cm³/mol. The fraction of sp³-hybridized carbons (Fsp3) is 0.0526. The lowest BCUT2D eigenvalue weighted by atomic mass is 10.1. The summed E-state index contributed by atoms with van der Waals surface area (Å²) in [6.07, 6.45) is 0. The normalized spacial score (nSPS) is 10.8. The molecular formula is C19H14FN7O3. The highest BCUT2D eigenvalue weighted by molar-refractivity contribution is 6.01. The average molecular weight is 407 g/mol. The van der Waals surface area contributed by atoms with Gasteiger partial charge < -0.3 is 16.2 Å². The zero-order valence-electron chi connectivity index (χ0n) is 15.3. The first-order chi connectivity index (χ1) is 14.4. The molecule has 30 heavy (non-hydrogen) atoms. The molecule has 0 aliphatic carbocycles. The van der Waals surface area contributed by atoms with Crippen LogP contribution < -0.4 is 16.6 Å². The third-order valence-electron chi connectivity index (χ3n) is 4.16. The van der Waals surface area contributed by atoms with Gasteiger partial charge in [0.05, 0.1) is 5.39 Å². The van der Waals surface area contributed by atoms with Crippen molar-refractivity contribution in [2.45, 2.75) is 6.54 Å². The number of fused-ring (bicyclic) bond motifs is 1. The molecule has 2 aromatic carbocycles. The van der Waals surface area contributed by atoms with Gasteiger partial charge in [-0.1, -0.05) is 18.2 Å². The van der Waals surface area contributed by atoms with Crippen LogP contribution in [-0.2, 0) is 6.54 Å². The number of nitrogens with zero attached hydrogens (tertiary/aromatic N) is 5. The minimum atomic E-state index is -1.27. The predicted octanol–water partition coefficient (Wildman–Crippen LogP) is 1.79. The molecule has 0 unspecified atom stereocenters. The van der Waals surface area contributed by atoms with Crippen molar-refractivity contribution >= 4 is 34.3 Å². The summed E-state index contributed by atoms with van der Waals surface area (Å²) in [5.74, 6) is -1.61. The van der Waals surface area contributed by atoms with E-state index in [0.29, 0.717) is 5.69 Å². The van der Waals surface area contributed by atoms with E-state index in [0.717, 1.165) is 4.68 Å². The smallest absolute Gasteiger partial charge is 0.357 e. The minimum Gasteiger partial charge on any atom is -0.476 e. The van der Waals surface area contributed by atoms with E-state index in [2.05, 4.69) is 25.4 Å². The summed E-state index contributed by atoms with van der Waals surface area (Å²) < 4.78 is 14.0. The third kappa shape index (κ3) is 3.76. The van der Waals surface area contributed by atoms with Crippen LogP contribution in [-0.4, -0.2) is 35.8 Å². The number of nitrogens with two attached hydrogens (primary N) is 1. The molecule has 4 aromatic rings. The number of nitrogens with one attached hydrogen (secondary N) is 1. The van der Waals surface area contributed by atoms with Gasteiger partial charge in [-0.25, -0.2) is 13.9 Å². The maximum atomic E-state index is 13.1. The molecular weight excluding hydrogens is 393 g/mol. The van der Waals surface area contributed by atoms with Crippen molar-refractivity contribution in [2.75, 3.05) is 11.1 Å². The lowest BCUT2D eigenvalue weighted by molar-refractivity contribution is 0.0690. The number of aromatic nitrogens is 5. The Morgan fingerprint density at radius 3 is 2.47 bits per heavy atom. The average Bonchev–Trinajstić information content (AvgIpc) is 2.71. The zero-order chi connectivity index (χ0) is 21.3. The van der Waals surface area contributed by atoms with Crippen molar-refractivity contribution in [3.63, 3.8) is 0 Å². The molecule has 4 rings (SSSR count). The van der Waals surface area contributed by atoms with Gasteiger partial charge in [0.15, 0.2) is 11.5 Å². The first-order valence-electron chi connectivity index (χ1n) is 8.67. The Morgan fingerprint density at radius 1 is 1.07 bits per heavy atom. The summed E-state index contributed by atoms with van der Waals surface area (Å²) in [5.41, 5.74) is 5.48. The molecule has 2 heterocycles. The van der Waals surface area contributed by atoms with Gasteiger partial charge in [-0.15, -0.1) is 0 Å². The Kier molecular flexibility index (Phi) is 4.76. The van der Waals surface area contributed by atoms with E-state index in [9.17, 15) is 19.1 Å². The molecule has 0 fully saturated rings. The highest BCUT2D eigenvalue weighted by Crippen LogP contribution is 2.16. The van der Waals surface area contributed by atoms with Gasteiger partial charge in [0, 0.05) is 11.1 Å². The van der Waals surface area contributed by atoms with Crippen LogP contribution in [0.3, 0.4) is 0 Å². The first-order valence-corrected chi connectivity index (χ1v) is 8.67. The van der Waals surface area contributed by atoms with Crippen LogP contribution >= 0.6 is 0 Å². The summed E-state index contributed by atoms with van der Waals surface area (Å²) in [4.78, 5) is 36.5. The number of rotatable bonds is 5. The summed E-state index contributed by atoms with van der Waals surface area (Å²) in [6.45, 7) is -0.227. The summed E-state index contributed by atoms with van der Waals surface area (Å²) in [7, 11) is 0. The van der Waals surface area contributed by atoms with Crippen molar-refractivity contribution in [2.24, 2.45) is 0 Å². The Hall–Kier alpha value is -4.41. The molecule has 2 aromatic heterocycles. The molecule has 0 aliphatic heterocycles. The number of anilines is 3. The van der Waals surface area contributed by atoms with Crippen molar-refractivity contribution in [1.29, 1.82) is 0 Å². The van der Waals surface area contributed by atoms with Crippen molar-refractivity contribution in [3.05, 3.63) is 76.2 Å². The number of aromatic carboxylic acids is 1. The SMILES string of the molecule is Nc1nc(Cn2nc(C(=O)O)c3ccccc3c2=O)nc(Nc2ccc(F)cc2)n1. The van der Waals surface area contributed by atoms with E-state index in [-0.39, 0.29) is 40.7 Å². The van der Waals surface area contributed by atoms with Gasteiger partial charge >= 0.3 is 5.97 Å². The fourth-order valence-electron chi connectivity index (χ4n) is 2.86. The Labute approximate surface area is 167 Å². The second-order valence-corrected chi connectivity index (χ2v) is 6.23. The molecule has 0 amide bonds. The van der Waals surface area contributed by atoms with Crippen LogP contribution in [0.1, 0.15) is 16.3 Å². The third-order valence-corrected chi connectivity index (χ3v) is 4.16. The number of hydrogen-bond donors (Lipinski definition) is 3. The highest BCUT2D eigenvalue weighted by atomic mass is 19.1. The minimum absolute atomic E-state index is 0.0800. The Morgan fingerprint density at radius 2 is 1.77 bits per heavy atom. The number of carboxylic acid groups (broad SMARTS) is 1. The van der Waals surface area contributed by atoms with Gasteiger partial charge in [0.25, 0.3) is 5.56 Å². The Balaban J connectivity index is 1.72. The monoisotopic (exact) mass is 407 g/mol. The van der Waals surface area contributed by atoms with Gasteiger partial charge in [0.1, 0.15) is 12.4 Å². The lowest BCUT2D eigenvalue weighted by Gasteiger charge is -2.10. The van der Waals surface area contributed by atoms with E-state index in [1.54, 1.807) is 12.1 Å². The largest absolute Gasteiger partial charge is 0.476 e. The Bertz CT molecular complexity index is 1320.